The first kappa shape index (κ1) is 15.7. The summed E-state index contributed by atoms with van der Waals surface area (Å²) in [7, 11) is 0. The fourth-order valence-corrected chi connectivity index (χ4v) is 1.89. The zero-order valence-corrected chi connectivity index (χ0v) is 12.3. The number of hydrogen-bond acceptors (Lipinski definition) is 5. The number of carbonyl (C=O) groups excluding carboxylic acids is 2. The number of ether oxygens (including phenoxy) is 2. The standard InChI is InChI=1S/C17H17NO4/c1-2-21-17(20)15(12-14-10-6-7-11-18-14)22-16(19)13-8-4-3-5-9-13/h3-11,15H,2,12H2,1H3. The third-order valence-electron chi connectivity index (χ3n) is 2.93. The van der Waals surface area contributed by atoms with Gasteiger partial charge in [-0.15, -0.1) is 0 Å². The number of benzene rings is 1. The smallest absolute Gasteiger partial charge is 0.347 e. The molecule has 0 fully saturated rings. The van der Waals surface area contributed by atoms with E-state index in [1.54, 1.807) is 55.6 Å². The summed E-state index contributed by atoms with van der Waals surface area (Å²) in [4.78, 5) is 28.2. The number of nitrogens with zero attached hydrogens (tertiary/aromatic N) is 1. The van der Waals surface area contributed by atoms with Gasteiger partial charge in [-0.2, -0.15) is 0 Å². The maximum atomic E-state index is 12.1. The Labute approximate surface area is 128 Å². The lowest BCUT2D eigenvalue weighted by Gasteiger charge is -2.16. The normalized spacial score (nSPS) is 11.5. The first-order valence-electron chi connectivity index (χ1n) is 7.03. The summed E-state index contributed by atoms with van der Waals surface area (Å²) in [5, 5.41) is 0. The molecule has 0 N–H and O–H groups in total. The van der Waals surface area contributed by atoms with E-state index in [9.17, 15) is 9.59 Å². The molecule has 1 unspecified atom stereocenters. The zero-order chi connectivity index (χ0) is 15.8. The van der Waals surface area contributed by atoms with E-state index in [0.717, 1.165) is 0 Å². The van der Waals surface area contributed by atoms with Gasteiger partial charge in [-0.05, 0) is 31.2 Å². The highest BCUT2D eigenvalue weighted by molar-refractivity contribution is 5.91. The Morgan fingerprint density at radius 1 is 1.09 bits per heavy atom. The van der Waals surface area contributed by atoms with Gasteiger partial charge in [0.15, 0.2) is 0 Å². The zero-order valence-electron chi connectivity index (χ0n) is 12.3. The van der Waals surface area contributed by atoms with Crippen molar-refractivity contribution in [3.05, 3.63) is 66.0 Å². The van der Waals surface area contributed by atoms with Crippen LogP contribution in [0, 0.1) is 0 Å². The molecular formula is C17H17NO4. The van der Waals surface area contributed by atoms with Gasteiger partial charge in [-0.1, -0.05) is 24.3 Å². The van der Waals surface area contributed by atoms with Crippen molar-refractivity contribution in [1.82, 2.24) is 4.98 Å². The number of carbonyl (C=O) groups is 2. The van der Waals surface area contributed by atoms with Crippen molar-refractivity contribution >= 4 is 11.9 Å². The molecule has 5 heteroatoms. The Balaban J connectivity index is 2.11. The Bertz CT molecular complexity index is 613. The average Bonchev–Trinajstić information content (AvgIpc) is 2.56. The molecule has 0 saturated carbocycles. The Morgan fingerprint density at radius 3 is 2.45 bits per heavy atom. The SMILES string of the molecule is CCOC(=O)C(Cc1ccccn1)OC(=O)c1ccccc1. The predicted molar refractivity (Wildman–Crippen MR) is 80.2 cm³/mol. The second kappa shape index (κ2) is 7.93. The summed E-state index contributed by atoms with van der Waals surface area (Å²) in [5.41, 5.74) is 1.04. The van der Waals surface area contributed by atoms with Crippen LogP contribution in [0.25, 0.3) is 0 Å². The fourth-order valence-electron chi connectivity index (χ4n) is 1.89. The molecule has 2 aromatic rings. The lowest BCUT2D eigenvalue weighted by Crippen LogP contribution is -2.31. The van der Waals surface area contributed by atoms with Crippen LogP contribution in [0.3, 0.4) is 0 Å². The second-order valence-corrected chi connectivity index (χ2v) is 4.54. The molecule has 0 bridgehead atoms. The van der Waals surface area contributed by atoms with Crippen LogP contribution >= 0.6 is 0 Å². The van der Waals surface area contributed by atoms with E-state index in [2.05, 4.69) is 4.98 Å². The van der Waals surface area contributed by atoms with Gasteiger partial charge in [0, 0.05) is 18.3 Å². The van der Waals surface area contributed by atoms with Gasteiger partial charge in [0.1, 0.15) is 0 Å². The molecular weight excluding hydrogens is 282 g/mol. The van der Waals surface area contributed by atoms with Gasteiger partial charge in [-0.3, -0.25) is 4.98 Å². The number of rotatable bonds is 6. The minimum absolute atomic E-state index is 0.179. The highest BCUT2D eigenvalue weighted by atomic mass is 16.6. The van der Waals surface area contributed by atoms with Gasteiger partial charge in [-0.25, -0.2) is 9.59 Å². The fraction of sp³-hybridized carbons (Fsp3) is 0.235. The molecule has 22 heavy (non-hydrogen) atoms. The van der Waals surface area contributed by atoms with Crippen molar-refractivity contribution in [3.63, 3.8) is 0 Å². The Hall–Kier alpha value is -2.69. The number of esters is 2. The summed E-state index contributed by atoms with van der Waals surface area (Å²) >= 11 is 0. The van der Waals surface area contributed by atoms with Gasteiger partial charge < -0.3 is 9.47 Å². The van der Waals surface area contributed by atoms with E-state index in [1.165, 1.54) is 0 Å². The summed E-state index contributed by atoms with van der Waals surface area (Å²) in [6.45, 7) is 1.93. The first-order valence-corrected chi connectivity index (χ1v) is 7.03. The van der Waals surface area contributed by atoms with Crippen molar-refractivity contribution < 1.29 is 19.1 Å². The van der Waals surface area contributed by atoms with Gasteiger partial charge in [0.05, 0.1) is 12.2 Å². The highest BCUT2D eigenvalue weighted by Gasteiger charge is 2.25. The minimum Gasteiger partial charge on any atom is -0.463 e. The third kappa shape index (κ3) is 4.41. The predicted octanol–water partition coefficient (Wildman–Crippen LogP) is 2.41. The average molecular weight is 299 g/mol. The van der Waals surface area contributed by atoms with Crippen molar-refractivity contribution in [2.45, 2.75) is 19.4 Å². The van der Waals surface area contributed by atoms with Crippen molar-refractivity contribution in [2.75, 3.05) is 6.61 Å². The topological polar surface area (TPSA) is 65.5 Å². The largest absolute Gasteiger partial charge is 0.463 e. The molecule has 1 atom stereocenters. The summed E-state index contributed by atoms with van der Waals surface area (Å²) < 4.78 is 10.3. The molecule has 1 heterocycles. The van der Waals surface area contributed by atoms with Crippen LogP contribution in [0.2, 0.25) is 0 Å². The maximum Gasteiger partial charge on any atom is 0.347 e. The summed E-state index contributed by atoms with van der Waals surface area (Å²) in [6.07, 6.45) is 0.789. The van der Waals surface area contributed by atoms with Gasteiger partial charge in [0.2, 0.25) is 6.10 Å². The van der Waals surface area contributed by atoms with Gasteiger partial charge in [0.25, 0.3) is 0 Å². The molecule has 0 spiro atoms. The van der Waals surface area contributed by atoms with Crippen LogP contribution < -0.4 is 0 Å². The lowest BCUT2D eigenvalue weighted by molar-refractivity contribution is -0.153. The molecule has 0 aliphatic heterocycles. The monoisotopic (exact) mass is 299 g/mol. The van der Waals surface area contributed by atoms with E-state index in [1.807, 2.05) is 6.07 Å². The van der Waals surface area contributed by atoms with Crippen molar-refractivity contribution in [2.24, 2.45) is 0 Å². The van der Waals surface area contributed by atoms with Crippen LogP contribution in [-0.4, -0.2) is 29.6 Å². The Morgan fingerprint density at radius 2 is 1.82 bits per heavy atom. The molecule has 1 aromatic heterocycles. The Kier molecular flexibility index (Phi) is 5.65. The molecule has 0 aliphatic carbocycles. The van der Waals surface area contributed by atoms with E-state index < -0.39 is 18.0 Å². The highest BCUT2D eigenvalue weighted by Crippen LogP contribution is 2.10. The van der Waals surface area contributed by atoms with Gasteiger partial charge >= 0.3 is 11.9 Å². The van der Waals surface area contributed by atoms with Crippen LogP contribution in [0.15, 0.2) is 54.7 Å². The van der Waals surface area contributed by atoms with Crippen molar-refractivity contribution in [1.29, 1.82) is 0 Å². The second-order valence-electron chi connectivity index (χ2n) is 4.54. The minimum atomic E-state index is -1.01. The molecule has 0 saturated heterocycles. The third-order valence-corrected chi connectivity index (χ3v) is 2.93. The quantitative estimate of drug-likeness (QED) is 0.766. The molecule has 0 aliphatic rings. The summed E-state index contributed by atoms with van der Waals surface area (Å²) in [6, 6.07) is 13.9. The van der Waals surface area contributed by atoms with E-state index in [0.29, 0.717) is 11.3 Å². The van der Waals surface area contributed by atoms with E-state index in [-0.39, 0.29) is 13.0 Å². The lowest BCUT2D eigenvalue weighted by atomic mass is 10.1. The molecule has 0 amide bonds. The molecule has 114 valence electrons. The molecule has 5 nitrogen and oxygen atoms in total. The number of hydrogen-bond donors (Lipinski definition) is 0. The number of pyridine rings is 1. The van der Waals surface area contributed by atoms with E-state index >= 15 is 0 Å². The molecule has 2 rings (SSSR count). The van der Waals surface area contributed by atoms with Crippen LogP contribution in [0.4, 0.5) is 0 Å². The molecule has 1 aromatic carbocycles. The maximum absolute atomic E-state index is 12.1. The van der Waals surface area contributed by atoms with Crippen LogP contribution in [-0.2, 0) is 20.7 Å². The first-order chi connectivity index (χ1) is 10.7. The van der Waals surface area contributed by atoms with Crippen LogP contribution in [0.1, 0.15) is 23.0 Å². The van der Waals surface area contributed by atoms with E-state index in [4.69, 9.17) is 9.47 Å². The van der Waals surface area contributed by atoms with Crippen LogP contribution in [0.5, 0.6) is 0 Å². The molecule has 0 radical (unpaired) electrons. The summed E-state index contributed by atoms with van der Waals surface area (Å²) in [5.74, 6) is -1.13. The van der Waals surface area contributed by atoms with Crippen molar-refractivity contribution in [3.8, 4) is 0 Å². The number of aromatic nitrogens is 1.